The van der Waals surface area contributed by atoms with Gasteiger partial charge in [0.1, 0.15) is 0 Å². The summed E-state index contributed by atoms with van der Waals surface area (Å²) < 4.78 is 0. The number of aliphatic imine (C=N–C) groups is 1. The maximum atomic E-state index is 11.9. The van der Waals surface area contributed by atoms with Gasteiger partial charge in [0, 0.05) is 18.8 Å². The van der Waals surface area contributed by atoms with Crippen LogP contribution in [0.3, 0.4) is 0 Å². The summed E-state index contributed by atoms with van der Waals surface area (Å²) >= 11 is 0. The average molecular weight is 288 g/mol. The number of nitrogens with one attached hydrogen (secondary N) is 3. The molecule has 2 unspecified atom stereocenters. The van der Waals surface area contributed by atoms with Gasteiger partial charge >= 0.3 is 0 Å². The van der Waals surface area contributed by atoms with E-state index in [0.717, 1.165) is 18.5 Å². The standard InChI is InChI=1S/C16H24N4O/c1-4-12-6-5-7-13(9-12)19-15(21)10-18-16(17-3)20-14-8-11(14)2/h5-7,9,11,14H,4,8,10H2,1-3H3,(H,19,21)(H2,17,18,20). The Hall–Kier alpha value is -2.04. The van der Waals surface area contributed by atoms with Crippen LogP contribution in [-0.2, 0) is 11.2 Å². The van der Waals surface area contributed by atoms with Crippen LogP contribution in [0.5, 0.6) is 0 Å². The Kier molecular flexibility index (Phi) is 5.20. The summed E-state index contributed by atoms with van der Waals surface area (Å²) in [5, 5.41) is 9.21. The van der Waals surface area contributed by atoms with Crippen molar-refractivity contribution in [3.05, 3.63) is 29.8 Å². The molecule has 1 aliphatic rings. The zero-order chi connectivity index (χ0) is 15.2. The van der Waals surface area contributed by atoms with Crippen molar-refractivity contribution in [3.8, 4) is 0 Å². The van der Waals surface area contributed by atoms with Crippen LogP contribution < -0.4 is 16.0 Å². The molecule has 0 aromatic heterocycles. The van der Waals surface area contributed by atoms with E-state index in [2.05, 4.69) is 40.9 Å². The Bertz CT molecular complexity index is 527. The van der Waals surface area contributed by atoms with Crippen LogP contribution in [0.15, 0.2) is 29.3 Å². The van der Waals surface area contributed by atoms with Crippen molar-refractivity contribution in [3.63, 3.8) is 0 Å². The Balaban J connectivity index is 1.78. The summed E-state index contributed by atoms with van der Waals surface area (Å²) in [6, 6.07) is 8.39. The minimum atomic E-state index is -0.0740. The first kappa shape index (κ1) is 15.4. The average Bonchev–Trinajstić information content (AvgIpc) is 3.18. The molecule has 1 aromatic carbocycles. The van der Waals surface area contributed by atoms with Crippen LogP contribution in [0.2, 0.25) is 0 Å². The van der Waals surface area contributed by atoms with Crippen molar-refractivity contribution < 1.29 is 4.79 Å². The summed E-state index contributed by atoms with van der Waals surface area (Å²) in [4.78, 5) is 16.1. The molecule has 1 aromatic rings. The molecule has 1 amide bonds. The van der Waals surface area contributed by atoms with Crippen LogP contribution in [0.25, 0.3) is 0 Å². The third-order valence-corrected chi connectivity index (χ3v) is 3.69. The molecule has 0 bridgehead atoms. The highest BCUT2D eigenvalue weighted by atomic mass is 16.1. The number of anilines is 1. The van der Waals surface area contributed by atoms with Crippen molar-refractivity contribution in [1.82, 2.24) is 10.6 Å². The number of aryl methyl sites for hydroxylation is 1. The predicted molar refractivity (Wildman–Crippen MR) is 86.5 cm³/mol. The van der Waals surface area contributed by atoms with Gasteiger partial charge in [-0.05, 0) is 36.5 Å². The second-order valence-electron chi connectivity index (χ2n) is 5.49. The van der Waals surface area contributed by atoms with Crippen molar-refractivity contribution in [2.75, 3.05) is 18.9 Å². The largest absolute Gasteiger partial charge is 0.353 e. The molecule has 3 N–H and O–H groups in total. The van der Waals surface area contributed by atoms with Gasteiger partial charge in [-0.2, -0.15) is 0 Å². The molecular formula is C16H24N4O. The fourth-order valence-corrected chi connectivity index (χ4v) is 2.13. The highest BCUT2D eigenvalue weighted by Gasteiger charge is 2.33. The summed E-state index contributed by atoms with van der Waals surface area (Å²) in [7, 11) is 1.71. The molecule has 21 heavy (non-hydrogen) atoms. The van der Waals surface area contributed by atoms with Crippen LogP contribution >= 0.6 is 0 Å². The Morgan fingerprint density at radius 3 is 2.81 bits per heavy atom. The van der Waals surface area contributed by atoms with Gasteiger partial charge in [0.05, 0.1) is 6.54 Å². The lowest BCUT2D eigenvalue weighted by Gasteiger charge is -2.12. The van der Waals surface area contributed by atoms with Gasteiger partial charge in [-0.1, -0.05) is 26.0 Å². The molecule has 2 atom stereocenters. The van der Waals surface area contributed by atoms with Crippen LogP contribution in [0.4, 0.5) is 5.69 Å². The monoisotopic (exact) mass is 288 g/mol. The summed E-state index contributed by atoms with van der Waals surface area (Å²) in [5.41, 5.74) is 2.04. The SMILES string of the molecule is CCc1cccc(NC(=O)CNC(=NC)NC2CC2C)c1. The molecule has 1 aliphatic carbocycles. The van der Waals surface area contributed by atoms with E-state index in [1.165, 1.54) is 5.56 Å². The van der Waals surface area contributed by atoms with Gasteiger partial charge in [-0.3, -0.25) is 9.79 Å². The Morgan fingerprint density at radius 1 is 1.43 bits per heavy atom. The predicted octanol–water partition coefficient (Wildman–Crippen LogP) is 1.76. The van der Waals surface area contributed by atoms with Crippen molar-refractivity contribution in [2.45, 2.75) is 32.7 Å². The second-order valence-corrected chi connectivity index (χ2v) is 5.49. The normalized spacial score (nSPS) is 20.8. The number of hydrogen-bond acceptors (Lipinski definition) is 2. The maximum Gasteiger partial charge on any atom is 0.243 e. The lowest BCUT2D eigenvalue weighted by atomic mass is 10.1. The van der Waals surface area contributed by atoms with Crippen molar-refractivity contribution in [2.24, 2.45) is 10.9 Å². The Morgan fingerprint density at radius 2 is 2.19 bits per heavy atom. The van der Waals surface area contributed by atoms with E-state index in [-0.39, 0.29) is 12.5 Å². The number of amides is 1. The van der Waals surface area contributed by atoms with E-state index < -0.39 is 0 Å². The highest BCUT2D eigenvalue weighted by molar-refractivity contribution is 5.95. The van der Waals surface area contributed by atoms with Crippen molar-refractivity contribution >= 4 is 17.6 Å². The molecule has 0 heterocycles. The van der Waals surface area contributed by atoms with E-state index >= 15 is 0 Å². The quantitative estimate of drug-likeness (QED) is 0.571. The number of nitrogens with zero attached hydrogens (tertiary/aromatic N) is 1. The topological polar surface area (TPSA) is 65.5 Å². The molecule has 0 saturated heterocycles. The maximum absolute atomic E-state index is 11.9. The van der Waals surface area contributed by atoms with E-state index in [9.17, 15) is 4.79 Å². The first-order chi connectivity index (χ1) is 10.1. The van der Waals surface area contributed by atoms with Crippen LogP contribution in [0, 0.1) is 5.92 Å². The van der Waals surface area contributed by atoms with Gasteiger partial charge in [0.25, 0.3) is 0 Å². The number of benzene rings is 1. The van der Waals surface area contributed by atoms with E-state index in [1.807, 2.05) is 18.2 Å². The minimum Gasteiger partial charge on any atom is -0.353 e. The Labute approximate surface area is 126 Å². The first-order valence-electron chi connectivity index (χ1n) is 7.48. The number of hydrogen-bond donors (Lipinski definition) is 3. The number of carbonyl (C=O) groups excluding carboxylic acids is 1. The van der Waals surface area contributed by atoms with E-state index in [4.69, 9.17) is 0 Å². The number of guanidine groups is 1. The number of carbonyl (C=O) groups is 1. The summed E-state index contributed by atoms with van der Waals surface area (Å²) in [6.07, 6.45) is 2.12. The third-order valence-electron chi connectivity index (χ3n) is 3.69. The van der Waals surface area contributed by atoms with E-state index in [0.29, 0.717) is 17.9 Å². The summed E-state index contributed by atoms with van der Waals surface area (Å²) in [5.74, 6) is 1.30. The van der Waals surface area contributed by atoms with Crippen LogP contribution in [0.1, 0.15) is 25.8 Å². The molecule has 5 nitrogen and oxygen atoms in total. The van der Waals surface area contributed by atoms with Crippen molar-refractivity contribution in [1.29, 1.82) is 0 Å². The third kappa shape index (κ3) is 4.77. The molecule has 0 aliphatic heterocycles. The molecule has 114 valence electrons. The molecule has 1 fully saturated rings. The molecule has 0 radical (unpaired) electrons. The molecule has 0 spiro atoms. The van der Waals surface area contributed by atoms with Crippen LogP contribution in [-0.4, -0.2) is 31.5 Å². The molecule has 1 saturated carbocycles. The lowest BCUT2D eigenvalue weighted by Crippen LogP contribution is -2.42. The molecule has 2 rings (SSSR count). The smallest absolute Gasteiger partial charge is 0.243 e. The van der Waals surface area contributed by atoms with E-state index in [1.54, 1.807) is 7.05 Å². The zero-order valence-corrected chi connectivity index (χ0v) is 12.9. The van der Waals surface area contributed by atoms with Gasteiger partial charge < -0.3 is 16.0 Å². The fraction of sp³-hybridized carbons (Fsp3) is 0.500. The second kappa shape index (κ2) is 7.11. The zero-order valence-electron chi connectivity index (χ0n) is 12.9. The van der Waals surface area contributed by atoms with Gasteiger partial charge in [-0.25, -0.2) is 0 Å². The highest BCUT2D eigenvalue weighted by Crippen LogP contribution is 2.28. The van der Waals surface area contributed by atoms with Gasteiger partial charge in [0.2, 0.25) is 5.91 Å². The first-order valence-corrected chi connectivity index (χ1v) is 7.48. The fourth-order valence-electron chi connectivity index (χ4n) is 2.13. The van der Waals surface area contributed by atoms with Gasteiger partial charge in [-0.15, -0.1) is 0 Å². The molecule has 5 heteroatoms. The molecular weight excluding hydrogens is 264 g/mol. The summed E-state index contributed by atoms with van der Waals surface area (Å²) in [6.45, 7) is 4.49. The number of rotatable bonds is 5. The van der Waals surface area contributed by atoms with Gasteiger partial charge in [0.15, 0.2) is 5.96 Å². The lowest BCUT2D eigenvalue weighted by molar-refractivity contribution is -0.115. The minimum absolute atomic E-state index is 0.0740.